The number of nitro groups is 1. The van der Waals surface area contributed by atoms with Gasteiger partial charge in [-0.25, -0.2) is 0 Å². The van der Waals surface area contributed by atoms with Gasteiger partial charge in [0, 0.05) is 44.9 Å². The lowest BCUT2D eigenvalue weighted by Gasteiger charge is -2.34. The third kappa shape index (κ3) is 4.25. The number of piperazine rings is 1. The average Bonchev–Trinajstić information content (AvgIpc) is 2.97. The number of thioether (sulfide) groups is 1. The van der Waals surface area contributed by atoms with Crippen molar-refractivity contribution >= 4 is 34.6 Å². The fourth-order valence-electron chi connectivity index (χ4n) is 2.68. The van der Waals surface area contributed by atoms with Crippen molar-refractivity contribution in [3.05, 3.63) is 44.8 Å². The first-order valence-electron chi connectivity index (χ1n) is 7.92. The van der Waals surface area contributed by atoms with Crippen molar-refractivity contribution in [1.29, 1.82) is 0 Å². The quantitative estimate of drug-likeness (QED) is 0.488. The summed E-state index contributed by atoms with van der Waals surface area (Å²) in [7, 11) is 0. The smallest absolute Gasteiger partial charge is 0.286 e. The zero-order chi connectivity index (χ0) is 17.8. The number of amides is 1. The third-order valence-corrected chi connectivity index (χ3v) is 5.11. The molecule has 3 rings (SSSR count). The van der Waals surface area contributed by atoms with Crippen molar-refractivity contribution < 1.29 is 14.8 Å². The predicted molar refractivity (Wildman–Crippen MR) is 96.2 cm³/mol. The molecule has 9 heteroatoms. The lowest BCUT2D eigenvalue weighted by Crippen LogP contribution is -2.48. The number of hydrogen-bond acceptors (Lipinski definition) is 7. The summed E-state index contributed by atoms with van der Waals surface area (Å²) in [5.74, 6) is -0.281. The van der Waals surface area contributed by atoms with Crippen LogP contribution in [0.4, 0.5) is 5.69 Å². The van der Waals surface area contributed by atoms with Gasteiger partial charge >= 0.3 is 0 Å². The molecular weight excluding hydrogens is 344 g/mol. The minimum absolute atomic E-state index is 0.0187. The van der Waals surface area contributed by atoms with Crippen molar-refractivity contribution in [2.75, 3.05) is 39.3 Å². The van der Waals surface area contributed by atoms with Crippen molar-refractivity contribution in [3.8, 4) is 0 Å². The summed E-state index contributed by atoms with van der Waals surface area (Å²) >= 11 is 1.33. The van der Waals surface area contributed by atoms with Crippen LogP contribution in [0.3, 0.4) is 0 Å². The van der Waals surface area contributed by atoms with Gasteiger partial charge in [0.25, 0.3) is 11.6 Å². The molecule has 1 amide bonds. The maximum absolute atomic E-state index is 12.1. The highest BCUT2D eigenvalue weighted by Gasteiger charge is 2.28. The Bertz CT molecular complexity index is 724. The molecule has 1 N–H and O–H groups in total. The van der Waals surface area contributed by atoms with E-state index < -0.39 is 4.92 Å². The van der Waals surface area contributed by atoms with Gasteiger partial charge in [-0.1, -0.05) is 0 Å². The van der Waals surface area contributed by atoms with Crippen molar-refractivity contribution in [2.24, 2.45) is 4.99 Å². The normalized spacial score (nSPS) is 20.2. The van der Waals surface area contributed by atoms with Crippen molar-refractivity contribution in [1.82, 2.24) is 9.80 Å². The molecule has 2 heterocycles. The maximum Gasteiger partial charge on any atom is 0.286 e. The van der Waals surface area contributed by atoms with Gasteiger partial charge in [0.05, 0.1) is 16.4 Å². The number of nitrogens with zero attached hydrogens (tertiary/aromatic N) is 4. The molecule has 0 radical (unpaired) electrons. The van der Waals surface area contributed by atoms with Gasteiger partial charge in [0.15, 0.2) is 5.17 Å². The van der Waals surface area contributed by atoms with Gasteiger partial charge in [-0.3, -0.25) is 19.8 Å². The van der Waals surface area contributed by atoms with E-state index in [1.165, 1.54) is 23.9 Å². The number of aliphatic hydroxyl groups is 1. The van der Waals surface area contributed by atoms with Crippen LogP contribution < -0.4 is 0 Å². The second kappa shape index (κ2) is 7.77. The average molecular weight is 362 g/mol. The van der Waals surface area contributed by atoms with Gasteiger partial charge in [-0.2, -0.15) is 4.99 Å². The number of amidine groups is 1. The Labute approximate surface area is 149 Å². The summed E-state index contributed by atoms with van der Waals surface area (Å²) in [4.78, 5) is 31.2. The third-order valence-electron chi connectivity index (χ3n) is 4.07. The van der Waals surface area contributed by atoms with Gasteiger partial charge in [0.2, 0.25) is 0 Å². The first kappa shape index (κ1) is 17.6. The van der Waals surface area contributed by atoms with Crippen LogP contribution in [0.25, 0.3) is 6.08 Å². The standard InChI is InChI=1S/C16H18N4O4S/c21-10-9-18-5-7-19(8-6-18)16-17-15(22)14(25-16)11-12-1-3-13(4-2-12)20(23)24/h1-4,11,21H,5-10H2/b14-11-. The highest BCUT2D eigenvalue weighted by molar-refractivity contribution is 8.18. The fourth-order valence-corrected chi connectivity index (χ4v) is 3.65. The fraction of sp³-hybridized carbons (Fsp3) is 0.375. The summed E-state index contributed by atoms with van der Waals surface area (Å²) in [5, 5.41) is 20.4. The Morgan fingerprint density at radius 3 is 2.52 bits per heavy atom. The van der Waals surface area contributed by atoms with Crippen LogP contribution in [-0.4, -0.2) is 70.2 Å². The van der Waals surface area contributed by atoms with E-state index in [9.17, 15) is 14.9 Å². The Balaban J connectivity index is 1.63. The number of aliphatic hydroxyl groups excluding tert-OH is 1. The van der Waals surface area contributed by atoms with Crippen LogP contribution in [0, 0.1) is 10.1 Å². The molecule has 132 valence electrons. The predicted octanol–water partition coefficient (Wildman–Crippen LogP) is 1.18. The molecule has 25 heavy (non-hydrogen) atoms. The van der Waals surface area contributed by atoms with Crippen LogP contribution in [-0.2, 0) is 4.79 Å². The monoisotopic (exact) mass is 362 g/mol. The second-order valence-corrected chi connectivity index (χ2v) is 6.72. The molecular formula is C16H18N4O4S. The molecule has 0 aliphatic carbocycles. The molecule has 1 saturated heterocycles. The van der Waals surface area contributed by atoms with Gasteiger partial charge in [-0.05, 0) is 35.5 Å². The van der Waals surface area contributed by atoms with Gasteiger partial charge < -0.3 is 10.0 Å². The molecule has 1 aromatic rings. The maximum atomic E-state index is 12.1. The first-order valence-corrected chi connectivity index (χ1v) is 8.73. The Morgan fingerprint density at radius 2 is 1.92 bits per heavy atom. The first-order chi connectivity index (χ1) is 12.1. The van der Waals surface area contributed by atoms with E-state index in [1.54, 1.807) is 18.2 Å². The zero-order valence-electron chi connectivity index (χ0n) is 13.5. The summed E-state index contributed by atoms with van der Waals surface area (Å²) in [6.45, 7) is 4.01. The molecule has 0 saturated carbocycles. The summed E-state index contributed by atoms with van der Waals surface area (Å²) < 4.78 is 0. The van der Waals surface area contributed by atoms with Gasteiger partial charge in [-0.15, -0.1) is 0 Å². The number of carbonyl (C=O) groups excluding carboxylic acids is 1. The number of carbonyl (C=O) groups is 1. The van der Waals surface area contributed by atoms with E-state index in [0.717, 1.165) is 31.7 Å². The van der Waals surface area contributed by atoms with E-state index in [4.69, 9.17) is 5.11 Å². The van der Waals surface area contributed by atoms with Gasteiger partial charge in [0.1, 0.15) is 0 Å². The van der Waals surface area contributed by atoms with Crippen LogP contribution in [0.2, 0.25) is 0 Å². The van der Waals surface area contributed by atoms with Crippen molar-refractivity contribution in [3.63, 3.8) is 0 Å². The molecule has 1 aromatic carbocycles. The molecule has 8 nitrogen and oxygen atoms in total. The van der Waals surface area contributed by atoms with E-state index in [0.29, 0.717) is 16.6 Å². The number of non-ortho nitro benzene ring substituents is 1. The van der Waals surface area contributed by atoms with E-state index in [-0.39, 0.29) is 18.2 Å². The van der Waals surface area contributed by atoms with Crippen LogP contribution in [0.5, 0.6) is 0 Å². The minimum atomic E-state index is -0.454. The molecule has 0 atom stereocenters. The van der Waals surface area contributed by atoms with Crippen molar-refractivity contribution in [2.45, 2.75) is 0 Å². The SMILES string of the molecule is O=C1N=C(N2CCN(CCO)CC2)S/C1=C\c1ccc([N+](=O)[O-])cc1. The summed E-state index contributed by atoms with van der Waals surface area (Å²) in [6.07, 6.45) is 1.70. The Morgan fingerprint density at radius 1 is 1.24 bits per heavy atom. The molecule has 0 bridgehead atoms. The number of benzene rings is 1. The molecule has 2 aliphatic rings. The van der Waals surface area contributed by atoms with E-state index in [1.807, 2.05) is 0 Å². The van der Waals surface area contributed by atoms with Crippen LogP contribution in [0.15, 0.2) is 34.2 Å². The summed E-state index contributed by atoms with van der Waals surface area (Å²) in [6, 6.07) is 6.06. The zero-order valence-corrected chi connectivity index (χ0v) is 14.3. The van der Waals surface area contributed by atoms with E-state index >= 15 is 0 Å². The molecule has 0 unspecified atom stereocenters. The minimum Gasteiger partial charge on any atom is -0.395 e. The number of β-amino-alcohol motifs (C(OH)–C–C–N with tert-alkyl or cyclic N) is 1. The number of hydrogen-bond donors (Lipinski definition) is 1. The lowest BCUT2D eigenvalue weighted by molar-refractivity contribution is -0.384. The second-order valence-electron chi connectivity index (χ2n) is 5.71. The van der Waals surface area contributed by atoms with E-state index in [2.05, 4.69) is 14.8 Å². The highest BCUT2D eigenvalue weighted by Crippen LogP contribution is 2.30. The molecule has 2 aliphatic heterocycles. The topological polar surface area (TPSA) is 99.3 Å². The number of nitro benzene ring substituents is 1. The Hall–Kier alpha value is -2.23. The summed E-state index contributed by atoms with van der Waals surface area (Å²) in [5.41, 5.74) is 0.746. The molecule has 0 spiro atoms. The molecule has 0 aromatic heterocycles. The van der Waals surface area contributed by atoms with Crippen LogP contribution >= 0.6 is 11.8 Å². The highest BCUT2D eigenvalue weighted by atomic mass is 32.2. The Kier molecular flexibility index (Phi) is 5.47. The number of rotatable bonds is 4. The lowest BCUT2D eigenvalue weighted by atomic mass is 10.2. The number of aliphatic imine (C=N–C) groups is 1. The largest absolute Gasteiger partial charge is 0.395 e. The molecule has 1 fully saturated rings. The van der Waals surface area contributed by atoms with Crippen LogP contribution in [0.1, 0.15) is 5.56 Å².